The molecule has 37 heavy (non-hydrogen) atoms. The molecule has 6 rings (SSSR count). The molecule has 2 aromatic heterocycles. The van der Waals surface area contributed by atoms with E-state index in [-0.39, 0.29) is 12.9 Å². The Labute approximate surface area is 215 Å². The molecule has 4 heterocycles. The van der Waals surface area contributed by atoms with Crippen LogP contribution in [0.5, 0.6) is 11.5 Å². The number of fused-ring (bicyclic) bond motifs is 2. The van der Waals surface area contributed by atoms with E-state index in [4.69, 9.17) is 24.9 Å². The normalized spacial score (nSPS) is 16.2. The first kappa shape index (κ1) is 23.4. The molecule has 1 unspecified atom stereocenters. The number of amides is 1. The van der Waals surface area contributed by atoms with Gasteiger partial charge < -0.3 is 25.3 Å². The molecule has 2 aromatic carbocycles. The fraction of sp³-hybridized carbons (Fsp3) is 0.310. The predicted octanol–water partition coefficient (Wildman–Crippen LogP) is 5.37. The summed E-state index contributed by atoms with van der Waals surface area (Å²) in [5.74, 6) is 1.45. The first-order valence-electron chi connectivity index (χ1n) is 12.8. The minimum absolute atomic E-state index is 0.247. The van der Waals surface area contributed by atoms with Gasteiger partial charge in [-0.05, 0) is 55.5 Å². The molecule has 1 amide bonds. The highest BCUT2D eigenvalue weighted by Crippen LogP contribution is 2.46. The molecule has 2 aliphatic rings. The first-order valence-corrected chi connectivity index (χ1v) is 12.8. The molecular formula is C29H30N4O4. The van der Waals surface area contributed by atoms with E-state index in [0.29, 0.717) is 24.5 Å². The molecule has 0 spiro atoms. The molecule has 4 aromatic rings. The number of aryl methyl sites for hydroxylation is 2. The first-order chi connectivity index (χ1) is 18.0. The molecule has 1 saturated heterocycles. The van der Waals surface area contributed by atoms with Gasteiger partial charge in [-0.3, -0.25) is 9.20 Å². The van der Waals surface area contributed by atoms with Crippen LogP contribution < -0.4 is 20.5 Å². The molecule has 1 fully saturated rings. The van der Waals surface area contributed by atoms with Gasteiger partial charge in [-0.15, -0.1) is 0 Å². The summed E-state index contributed by atoms with van der Waals surface area (Å²) in [6.07, 6.45) is 3.35. The van der Waals surface area contributed by atoms with Crippen molar-refractivity contribution < 1.29 is 19.0 Å². The third-order valence-electron chi connectivity index (χ3n) is 6.99. The van der Waals surface area contributed by atoms with Crippen LogP contribution in [0, 0.1) is 6.92 Å². The van der Waals surface area contributed by atoms with Gasteiger partial charge in [0, 0.05) is 23.6 Å². The highest BCUT2D eigenvalue weighted by atomic mass is 16.7. The van der Waals surface area contributed by atoms with Gasteiger partial charge in [0.25, 0.3) is 5.91 Å². The van der Waals surface area contributed by atoms with Crippen molar-refractivity contribution in [2.75, 3.05) is 18.5 Å². The summed E-state index contributed by atoms with van der Waals surface area (Å²) >= 11 is 0. The van der Waals surface area contributed by atoms with Gasteiger partial charge in [0.2, 0.25) is 0 Å². The second kappa shape index (κ2) is 9.44. The highest BCUT2D eigenvalue weighted by molar-refractivity contribution is 5.94. The molecule has 1 atom stereocenters. The molecule has 3 N–H and O–H groups in total. The van der Waals surface area contributed by atoms with Crippen LogP contribution in [-0.2, 0) is 16.0 Å². The van der Waals surface area contributed by atoms with Crippen molar-refractivity contribution in [3.05, 3.63) is 59.7 Å². The number of ether oxygens (including phenoxy) is 3. The van der Waals surface area contributed by atoms with Crippen molar-refractivity contribution in [2.45, 2.75) is 45.8 Å². The van der Waals surface area contributed by atoms with Crippen molar-refractivity contribution >= 4 is 23.1 Å². The summed E-state index contributed by atoms with van der Waals surface area (Å²) in [6.45, 7) is 4.62. The number of carbonyl (C=O) groups excluding carboxylic acids is 1. The molecule has 2 aliphatic heterocycles. The third-order valence-corrected chi connectivity index (χ3v) is 6.99. The number of benzene rings is 2. The van der Waals surface area contributed by atoms with E-state index >= 15 is 0 Å². The number of para-hydroxylation sites is 1. The Morgan fingerprint density at radius 1 is 1.22 bits per heavy atom. The van der Waals surface area contributed by atoms with Gasteiger partial charge in [-0.25, -0.2) is 4.98 Å². The molecule has 0 radical (unpaired) electrons. The standard InChI is InChI=1S/C29H30N4O4/c1-3-18-14-19(37-25-12-4-5-13-35-25)15-22(36-16-23(30)34)26(18)28-29-32-27-17(2)8-6-9-20(27)21-10-7-11-24(31-28)33(21)29/h6-11,14-15,25,32H,3-5,12-13,16H2,1-2H3,(H2,30,34). The van der Waals surface area contributed by atoms with E-state index in [1.807, 2.05) is 24.3 Å². The van der Waals surface area contributed by atoms with Gasteiger partial charge in [0.15, 0.2) is 12.9 Å². The quantitative estimate of drug-likeness (QED) is 0.313. The van der Waals surface area contributed by atoms with Crippen LogP contribution in [0.3, 0.4) is 0 Å². The molecule has 0 aliphatic carbocycles. The largest absolute Gasteiger partial charge is 0.483 e. The Hall–Kier alpha value is -4.04. The van der Waals surface area contributed by atoms with Crippen LogP contribution >= 0.6 is 0 Å². The van der Waals surface area contributed by atoms with Gasteiger partial charge in [0.05, 0.1) is 18.0 Å². The molecule has 8 heteroatoms. The molecule has 190 valence electrons. The Kier molecular flexibility index (Phi) is 5.96. The van der Waals surface area contributed by atoms with Crippen molar-refractivity contribution in [1.29, 1.82) is 0 Å². The monoisotopic (exact) mass is 498 g/mol. The summed E-state index contributed by atoms with van der Waals surface area (Å²) in [5.41, 5.74) is 13.2. The van der Waals surface area contributed by atoms with E-state index in [0.717, 1.165) is 70.1 Å². The number of hydrogen-bond acceptors (Lipinski definition) is 6. The number of rotatable bonds is 7. The van der Waals surface area contributed by atoms with Crippen LogP contribution in [0.1, 0.15) is 37.3 Å². The van der Waals surface area contributed by atoms with Crippen molar-refractivity contribution in [3.8, 4) is 34.0 Å². The lowest BCUT2D eigenvalue weighted by molar-refractivity contribution is -0.120. The van der Waals surface area contributed by atoms with Crippen molar-refractivity contribution in [1.82, 2.24) is 9.38 Å². The number of pyridine rings is 1. The zero-order valence-corrected chi connectivity index (χ0v) is 21.0. The number of nitrogens with two attached hydrogens (primary N) is 1. The number of nitrogens with zero attached hydrogens (tertiary/aromatic N) is 2. The minimum atomic E-state index is -0.549. The van der Waals surface area contributed by atoms with E-state index < -0.39 is 5.91 Å². The molecule has 0 saturated carbocycles. The van der Waals surface area contributed by atoms with E-state index in [2.05, 4.69) is 47.8 Å². The zero-order chi connectivity index (χ0) is 25.5. The number of nitrogens with one attached hydrogen (secondary N) is 1. The lowest BCUT2D eigenvalue weighted by atomic mass is 9.98. The van der Waals surface area contributed by atoms with E-state index in [1.54, 1.807) is 0 Å². The Balaban J connectivity index is 1.53. The smallest absolute Gasteiger partial charge is 0.255 e. The predicted molar refractivity (Wildman–Crippen MR) is 142 cm³/mol. The maximum atomic E-state index is 11.7. The average Bonchev–Trinajstić information content (AvgIpc) is 3.27. The summed E-state index contributed by atoms with van der Waals surface area (Å²) < 4.78 is 20.1. The summed E-state index contributed by atoms with van der Waals surface area (Å²) in [5, 5.41) is 3.65. The lowest BCUT2D eigenvalue weighted by Gasteiger charge is -2.25. The Morgan fingerprint density at radius 2 is 2.08 bits per heavy atom. The van der Waals surface area contributed by atoms with Crippen LogP contribution in [0.15, 0.2) is 48.5 Å². The maximum Gasteiger partial charge on any atom is 0.255 e. The summed E-state index contributed by atoms with van der Waals surface area (Å²) in [4.78, 5) is 16.7. The van der Waals surface area contributed by atoms with Crippen molar-refractivity contribution in [3.63, 3.8) is 0 Å². The topological polar surface area (TPSA) is 100 Å². The summed E-state index contributed by atoms with van der Waals surface area (Å²) in [6, 6.07) is 16.2. The fourth-order valence-corrected chi connectivity index (χ4v) is 5.24. The number of carbonyl (C=O) groups is 1. The maximum absolute atomic E-state index is 11.7. The van der Waals surface area contributed by atoms with Crippen LogP contribution in [0.4, 0.5) is 11.5 Å². The second-order valence-corrected chi connectivity index (χ2v) is 9.51. The second-order valence-electron chi connectivity index (χ2n) is 9.51. The van der Waals surface area contributed by atoms with Crippen LogP contribution in [-0.4, -0.2) is 34.8 Å². The van der Waals surface area contributed by atoms with E-state index in [1.165, 1.54) is 0 Å². The Bertz CT molecular complexity index is 1500. The molecule has 8 nitrogen and oxygen atoms in total. The third kappa shape index (κ3) is 4.17. The minimum Gasteiger partial charge on any atom is -0.483 e. The van der Waals surface area contributed by atoms with Crippen LogP contribution in [0.25, 0.3) is 28.2 Å². The average molecular weight is 499 g/mol. The van der Waals surface area contributed by atoms with Gasteiger partial charge >= 0.3 is 0 Å². The van der Waals surface area contributed by atoms with Gasteiger partial charge in [-0.1, -0.05) is 31.2 Å². The lowest BCUT2D eigenvalue weighted by Crippen LogP contribution is -2.25. The number of primary amides is 1. The highest BCUT2D eigenvalue weighted by Gasteiger charge is 2.28. The number of aromatic nitrogens is 2. The van der Waals surface area contributed by atoms with Crippen molar-refractivity contribution in [2.24, 2.45) is 5.73 Å². The summed E-state index contributed by atoms with van der Waals surface area (Å²) in [7, 11) is 0. The molecular weight excluding hydrogens is 468 g/mol. The zero-order valence-electron chi connectivity index (χ0n) is 21.0. The number of anilines is 2. The van der Waals surface area contributed by atoms with E-state index in [9.17, 15) is 4.79 Å². The molecule has 0 bridgehead atoms. The van der Waals surface area contributed by atoms with Gasteiger partial charge in [-0.2, -0.15) is 0 Å². The number of hydrogen-bond donors (Lipinski definition) is 2. The number of imidazole rings is 1. The van der Waals surface area contributed by atoms with Crippen LogP contribution in [0.2, 0.25) is 0 Å². The Morgan fingerprint density at radius 3 is 2.86 bits per heavy atom. The SMILES string of the molecule is CCc1cc(OC2CCCCO2)cc(OCC(N)=O)c1-c1nc2cccc3n2c1Nc1c(C)cccc1-3. The van der Waals surface area contributed by atoms with Gasteiger partial charge in [0.1, 0.15) is 28.7 Å². The fourth-order valence-electron chi connectivity index (χ4n) is 5.24.